The maximum atomic E-state index is 6.23. The molecule has 0 atom stereocenters. The molecule has 0 heterocycles. The van der Waals surface area contributed by atoms with Crippen molar-refractivity contribution in [3.05, 3.63) is 34.3 Å². The van der Waals surface area contributed by atoms with Crippen molar-refractivity contribution in [1.29, 1.82) is 0 Å². The van der Waals surface area contributed by atoms with Gasteiger partial charge in [0.1, 0.15) is 0 Å². The monoisotopic (exact) mass is 210 g/mol. The summed E-state index contributed by atoms with van der Waals surface area (Å²) in [6, 6.07) is 6.42. The summed E-state index contributed by atoms with van der Waals surface area (Å²) >= 11 is 6.23. The fraction of sp³-hybridized carbons (Fsp3) is 0.538. The summed E-state index contributed by atoms with van der Waals surface area (Å²) in [5, 5.41) is 0.896. The van der Waals surface area contributed by atoms with Crippen LogP contribution in [0.5, 0.6) is 0 Å². The minimum absolute atomic E-state index is 0.180. The third kappa shape index (κ3) is 2.51. The number of halogens is 1. The van der Waals surface area contributed by atoms with Crippen molar-refractivity contribution < 1.29 is 0 Å². The minimum atomic E-state index is 0.180. The largest absolute Gasteiger partial charge is 0.0840 e. The molecule has 1 aromatic carbocycles. The van der Waals surface area contributed by atoms with E-state index in [0.29, 0.717) is 5.92 Å². The van der Waals surface area contributed by atoms with E-state index >= 15 is 0 Å². The highest BCUT2D eigenvalue weighted by Gasteiger charge is 2.15. The molecule has 0 fully saturated rings. The standard InChI is InChI=1S/C13H19Cl/c1-9(2)11-7-6-10(8-12(11)14)13(3,4)5/h6-9H,1-5H3. The third-order valence-corrected chi connectivity index (χ3v) is 2.82. The Balaban J connectivity index is 3.13. The summed E-state index contributed by atoms with van der Waals surface area (Å²) in [5.41, 5.74) is 2.71. The summed E-state index contributed by atoms with van der Waals surface area (Å²) in [4.78, 5) is 0. The van der Waals surface area contributed by atoms with E-state index in [4.69, 9.17) is 11.6 Å². The average Bonchev–Trinajstić information content (AvgIpc) is 2.01. The Morgan fingerprint density at radius 3 is 2.07 bits per heavy atom. The predicted octanol–water partition coefficient (Wildman–Crippen LogP) is 4.76. The van der Waals surface area contributed by atoms with Gasteiger partial charge in [0.2, 0.25) is 0 Å². The first-order valence-corrected chi connectivity index (χ1v) is 5.50. The second-order valence-corrected chi connectivity index (χ2v) is 5.55. The van der Waals surface area contributed by atoms with E-state index in [9.17, 15) is 0 Å². The quantitative estimate of drug-likeness (QED) is 0.627. The second kappa shape index (κ2) is 3.94. The molecule has 0 aromatic heterocycles. The SMILES string of the molecule is CC(C)c1ccc(C(C)(C)C)cc1Cl. The molecule has 0 nitrogen and oxygen atoms in total. The molecular formula is C13H19Cl. The van der Waals surface area contributed by atoms with Gasteiger partial charge in [-0.3, -0.25) is 0 Å². The van der Waals surface area contributed by atoms with Crippen molar-refractivity contribution in [2.45, 2.75) is 46.0 Å². The van der Waals surface area contributed by atoms with Crippen LogP contribution in [-0.2, 0) is 5.41 Å². The van der Waals surface area contributed by atoms with Crippen LogP contribution >= 0.6 is 11.6 Å². The van der Waals surface area contributed by atoms with Crippen LogP contribution in [0, 0.1) is 0 Å². The highest BCUT2D eigenvalue weighted by molar-refractivity contribution is 6.31. The van der Waals surface area contributed by atoms with E-state index in [-0.39, 0.29) is 5.41 Å². The Hall–Kier alpha value is -0.490. The van der Waals surface area contributed by atoms with Gasteiger partial charge in [0, 0.05) is 5.02 Å². The molecule has 78 valence electrons. The van der Waals surface area contributed by atoms with E-state index in [1.807, 2.05) is 0 Å². The van der Waals surface area contributed by atoms with Crippen LogP contribution < -0.4 is 0 Å². The lowest BCUT2D eigenvalue weighted by Gasteiger charge is -2.20. The van der Waals surface area contributed by atoms with Crippen molar-refractivity contribution in [3.63, 3.8) is 0 Å². The first-order valence-electron chi connectivity index (χ1n) is 5.12. The molecule has 0 amide bonds. The van der Waals surface area contributed by atoms with E-state index in [1.165, 1.54) is 11.1 Å². The van der Waals surface area contributed by atoms with Crippen molar-refractivity contribution in [2.75, 3.05) is 0 Å². The van der Waals surface area contributed by atoms with Crippen LogP contribution in [0.2, 0.25) is 5.02 Å². The van der Waals surface area contributed by atoms with Crippen LogP contribution in [0.4, 0.5) is 0 Å². The van der Waals surface area contributed by atoms with Gasteiger partial charge in [-0.05, 0) is 28.5 Å². The number of rotatable bonds is 1. The maximum Gasteiger partial charge on any atom is 0.0443 e. The molecule has 0 bridgehead atoms. The third-order valence-electron chi connectivity index (χ3n) is 2.49. The summed E-state index contributed by atoms with van der Waals surface area (Å²) in [5.74, 6) is 0.497. The van der Waals surface area contributed by atoms with Gasteiger partial charge in [-0.15, -0.1) is 0 Å². The van der Waals surface area contributed by atoms with E-state index in [2.05, 4.69) is 52.8 Å². The molecule has 1 heteroatoms. The lowest BCUT2D eigenvalue weighted by Crippen LogP contribution is -2.11. The number of benzene rings is 1. The van der Waals surface area contributed by atoms with Crippen LogP contribution in [0.3, 0.4) is 0 Å². The zero-order valence-corrected chi connectivity index (χ0v) is 10.4. The van der Waals surface area contributed by atoms with E-state index < -0.39 is 0 Å². The van der Waals surface area contributed by atoms with Gasteiger partial charge in [0.25, 0.3) is 0 Å². The fourth-order valence-electron chi connectivity index (χ4n) is 1.46. The molecule has 0 aliphatic heterocycles. The molecule has 1 rings (SSSR count). The zero-order valence-electron chi connectivity index (χ0n) is 9.69. The topological polar surface area (TPSA) is 0 Å². The minimum Gasteiger partial charge on any atom is -0.0840 e. The molecule has 0 aliphatic carbocycles. The Morgan fingerprint density at radius 1 is 1.14 bits per heavy atom. The smallest absolute Gasteiger partial charge is 0.0443 e. The van der Waals surface area contributed by atoms with Crippen molar-refractivity contribution in [1.82, 2.24) is 0 Å². The van der Waals surface area contributed by atoms with Crippen LogP contribution in [-0.4, -0.2) is 0 Å². The summed E-state index contributed by atoms with van der Waals surface area (Å²) in [7, 11) is 0. The zero-order chi connectivity index (χ0) is 10.9. The lowest BCUT2D eigenvalue weighted by atomic mass is 9.86. The molecule has 1 aromatic rings. The van der Waals surface area contributed by atoms with Gasteiger partial charge in [-0.25, -0.2) is 0 Å². The highest BCUT2D eigenvalue weighted by atomic mass is 35.5. The Kier molecular flexibility index (Phi) is 3.26. The normalized spacial score (nSPS) is 12.2. The highest BCUT2D eigenvalue weighted by Crippen LogP contribution is 2.30. The van der Waals surface area contributed by atoms with Crippen LogP contribution in [0.25, 0.3) is 0 Å². The first-order chi connectivity index (χ1) is 6.32. The lowest BCUT2D eigenvalue weighted by molar-refractivity contribution is 0.589. The summed E-state index contributed by atoms with van der Waals surface area (Å²) < 4.78 is 0. The summed E-state index contributed by atoms with van der Waals surface area (Å²) in [6.45, 7) is 10.9. The number of hydrogen-bond acceptors (Lipinski definition) is 0. The summed E-state index contributed by atoms with van der Waals surface area (Å²) in [6.07, 6.45) is 0. The molecule has 0 aliphatic rings. The average molecular weight is 211 g/mol. The first kappa shape index (κ1) is 11.6. The Morgan fingerprint density at radius 2 is 1.71 bits per heavy atom. The van der Waals surface area contributed by atoms with Gasteiger partial charge in [-0.1, -0.05) is 58.4 Å². The number of hydrogen-bond donors (Lipinski definition) is 0. The molecule has 0 radical (unpaired) electrons. The van der Waals surface area contributed by atoms with Crippen molar-refractivity contribution in [2.24, 2.45) is 0 Å². The second-order valence-electron chi connectivity index (χ2n) is 5.14. The predicted molar refractivity (Wildman–Crippen MR) is 64.2 cm³/mol. The van der Waals surface area contributed by atoms with Crippen LogP contribution in [0.15, 0.2) is 18.2 Å². The van der Waals surface area contributed by atoms with E-state index in [1.54, 1.807) is 0 Å². The molecule has 0 saturated heterocycles. The van der Waals surface area contributed by atoms with Gasteiger partial charge >= 0.3 is 0 Å². The van der Waals surface area contributed by atoms with Gasteiger partial charge in [0.05, 0.1) is 0 Å². The maximum absolute atomic E-state index is 6.23. The Bertz CT molecular complexity index is 318. The molecule has 0 saturated carbocycles. The van der Waals surface area contributed by atoms with Gasteiger partial charge < -0.3 is 0 Å². The molecule has 0 N–H and O–H groups in total. The molecular weight excluding hydrogens is 192 g/mol. The molecule has 0 spiro atoms. The van der Waals surface area contributed by atoms with Crippen molar-refractivity contribution in [3.8, 4) is 0 Å². The van der Waals surface area contributed by atoms with Gasteiger partial charge in [0.15, 0.2) is 0 Å². The van der Waals surface area contributed by atoms with E-state index in [0.717, 1.165) is 5.02 Å². The van der Waals surface area contributed by atoms with Crippen LogP contribution in [0.1, 0.15) is 51.7 Å². The molecule has 14 heavy (non-hydrogen) atoms. The fourth-order valence-corrected chi connectivity index (χ4v) is 1.86. The Labute approximate surface area is 92.3 Å². The molecule has 0 unspecified atom stereocenters. The van der Waals surface area contributed by atoms with Gasteiger partial charge in [-0.2, -0.15) is 0 Å². The van der Waals surface area contributed by atoms with Crippen molar-refractivity contribution >= 4 is 11.6 Å².